The Labute approximate surface area is 175 Å². The van der Waals surface area contributed by atoms with Gasteiger partial charge in [-0.15, -0.1) is 0 Å². The van der Waals surface area contributed by atoms with Gasteiger partial charge in [-0.05, 0) is 54.8 Å². The quantitative estimate of drug-likeness (QED) is 0.484. The summed E-state index contributed by atoms with van der Waals surface area (Å²) in [4.78, 5) is 16.0. The first kappa shape index (κ1) is 21.5. The molecule has 9 heteroatoms. The highest BCUT2D eigenvalue weighted by molar-refractivity contribution is 7.92. The van der Waals surface area contributed by atoms with Gasteiger partial charge in [0.1, 0.15) is 5.82 Å². The lowest BCUT2D eigenvalue weighted by Gasteiger charge is -2.09. The molecule has 1 aromatic heterocycles. The van der Waals surface area contributed by atoms with Gasteiger partial charge in [0.05, 0.1) is 17.6 Å². The fourth-order valence-electron chi connectivity index (χ4n) is 2.83. The van der Waals surface area contributed by atoms with Gasteiger partial charge in [-0.25, -0.2) is 17.8 Å². The van der Waals surface area contributed by atoms with Crippen LogP contribution in [-0.4, -0.2) is 30.4 Å². The van der Waals surface area contributed by atoms with Crippen LogP contribution in [0.2, 0.25) is 0 Å². The Kier molecular flexibility index (Phi) is 7.18. The van der Waals surface area contributed by atoms with Crippen molar-refractivity contribution in [1.82, 2.24) is 14.9 Å². The molecule has 0 aliphatic heterocycles. The number of unbranched alkanes of at least 4 members (excludes halogenated alkanes) is 1. The lowest BCUT2D eigenvalue weighted by atomic mass is 10.1. The molecule has 0 fully saturated rings. The second-order valence-corrected chi connectivity index (χ2v) is 8.47. The summed E-state index contributed by atoms with van der Waals surface area (Å²) in [5, 5.41) is 2.88. The van der Waals surface area contributed by atoms with E-state index in [1.54, 1.807) is 36.8 Å². The van der Waals surface area contributed by atoms with Gasteiger partial charge in [-0.1, -0.05) is 12.1 Å². The van der Waals surface area contributed by atoms with Gasteiger partial charge in [-0.2, -0.15) is 0 Å². The number of nitrogens with zero attached hydrogens (tertiary/aromatic N) is 2. The highest BCUT2D eigenvalue weighted by Gasteiger charge is 2.14. The van der Waals surface area contributed by atoms with E-state index in [2.05, 4.69) is 15.0 Å². The van der Waals surface area contributed by atoms with E-state index < -0.39 is 15.8 Å². The summed E-state index contributed by atoms with van der Waals surface area (Å²) < 4.78 is 42.0. The lowest BCUT2D eigenvalue weighted by Crippen LogP contribution is -2.26. The number of amides is 1. The van der Waals surface area contributed by atoms with Crippen LogP contribution in [-0.2, 0) is 27.8 Å². The number of anilines is 1. The fourth-order valence-corrected chi connectivity index (χ4v) is 3.89. The first-order valence-electron chi connectivity index (χ1n) is 9.52. The average Bonchev–Trinajstić information content (AvgIpc) is 3.23. The summed E-state index contributed by atoms with van der Waals surface area (Å²) in [7, 11) is -3.80. The number of imidazole rings is 1. The van der Waals surface area contributed by atoms with Crippen LogP contribution in [0.4, 0.5) is 10.1 Å². The number of nitrogens with one attached hydrogen (secondary N) is 2. The van der Waals surface area contributed by atoms with Crippen molar-refractivity contribution in [3.8, 4) is 0 Å². The van der Waals surface area contributed by atoms with Crippen LogP contribution in [0.15, 0.2) is 72.1 Å². The van der Waals surface area contributed by atoms with E-state index in [4.69, 9.17) is 0 Å². The summed E-state index contributed by atoms with van der Waals surface area (Å²) in [6.07, 6.45) is 7.44. The molecule has 1 heterocycles. The maximum atomic E-state index is 13.0. The van der Waals surface area contributed by atoms with Gasteiger partial charge in [0.2, 0.25) is 5.91 Å². The summed E-state index contributed by atoms with van der Waals surface area (Å²) in [5.74, 6) is -0.591. The molecule has 30 heavy (non-hydrogen) atoms. The second kappa shape index (κ2) is 10.0. The minimum Gasteiger partial charge on any atom is -0.356 e. The van der Waals surface area contributed by atoms with Crippen molar-refractivity contribution in [1.29, 1.82) is 0 Å². The highest BCUT2D eigenvalue weighted by atomic mass is 32.2. The zero-order valence-corrected chi connectivity index (χ0v) is 17.1. The van der Waals surface area contributed by atoms with Gasteiger partial charge in [0.15, 0.2) is 0 Å². The molecule has 0 bridgehead atoms. The number of aromatic nitrogens is 2. The number of carbonyl (C=O) groups is 1. The third kappa shape index (κ3) is 6.41. The SMILES string of the molecule is O=C(Cc1ccc(NS(=O)(=O)c2ccc(F)cc2)cc1)NCCCCn1ccnc1. The van der Waals surface area contributed by atoms with Crippen molar-refractivity contribution in [3.05, 3.63) is 78.6 Å². The van der Waals surface area contributed by atoms with Crippen LogP contribution in [0.1, 0.15) is 18.4 Å². The molecule has 1 amide bonds. The Hall–Kier alpha value is -3.20. The predicted molar refractivity (Wildman–Crippen MR) is 112 cm³/mol. The predicted octanol–water partition coefficient (Wildman–Crippen LogP) is 2.96. The molecular formula is C21H23FN4O3S. The number of hydrogen-bond acceptors (Lipinski definition) is 4. The zero-order valence-electron chi connectivity index (χ0n) is 16.3. The zero-order chi connectivity index (χ0) is 21.4. The smallest absolute Gasteiger partial charge is 0.261 e. The van der Waals surface area contributed by atoms with Crippen LogP contribution in [0.5, 0.6) is 0 Å². The summed E-state index contributed by atoms with van der Waals surface area (Å²) >= 11 is 0. The molecule has 0 spiro atoms. The molecule has 0 atom stereocenters. The van der Waals surface area contributed by atoms with Crippen LogP contribution in [0.25, 0.3) is 0 Å². The first-order valence-corrected chi connectivity index (χ1v) is 11.0. The molecule has 3 rings (SSSR count). The molecule has 3 aromatic rings. The molecule has 2 aromatic carbocycles. The third-order valence-corrected chi connectivity index (χ3v) is 5.82. The lowest BCUT2D eigenvalue weighted by molar-refractivity contribution is -0.120. The Balaban J connectivity index is 1.43. The van der Waals surface area contributed by atoms with Gasteiger partial charge < -0.3 is 9.88 Å². The minimum atomic E-state index is -3.80. The minimum absolute atomic E-state index is 0.0274. The molecule has 0 unspecified atom stereocenters. The normalized spacial score (nSPS) is 11.2. The van der Waals surface area contributed by atoms with Crippen molar-refractivity contribution in [2.45, 2.75) is 30.7 Å². The first-order chi connectivity index (χ1) is 14.4. The van der Waals surface area contributed by atoms with E-state index in [-0.39, 0.29) is 17.2 Å². The molecule has 158 valence electrons. The van der Waals surface area contributed by atoms with Crippen LogP contribution in [0, 0.1) is 5.82 Å². The van der Waals surface area contributed by atoms with Crippen molar-refractivity contribution >= 4 is 21.6 Å². The van der Waals surface area contributed by atoms with Crippen molar-refractivity contribution in [2.75, 3.05) is 11.3 Å². The Morgan fingerprint density at radius 1 is 1.03 bits per heavy atom. The molecule has 0 aliphatic rings. The van der Waals surface area contributed by atoms with Gasteiger partial charge >= 0.3 is 0 Å². The van der Waals surface area contributed by atoms with Crippen LogP contribution < -0.4 is 10.0 Å². The number of carbonyl (C=O) groups excluding carboxylic acids is 1. The molecular weight excluding hydrogens is 407 g/mol. The van der Waals surface area contributed by atoms with Crippen LogP contribution >= 0.6 is 0 Å². The molecule has 7 nitrogen and oxygen atoms in total. The van der Waals surface area contributed by atoms with Gasteiger partial charge in [0.25, 0.3) is 10.0 Å². The standard InChI is InChI=1S/C21H23FN4O3S/c22-18-5-9-20(10-6-18)30(28,29)25-19-7-3-17(4-8-19)15-21(27)24-11-1-2-13-26-14-12-23-16-26/h3-10,12,14,16,25H,1-2,11,13,15H2,(H,24,27). The number of sulfonamides is 1. The Bertz CT molecular complexity index is 1050. The van der Waals surface area contributed by atoms with E-state index in [0.29, 0.717) is 12.2 Å². The second-order valence-electron chi connectivity index (χ2n) is 6.79. The fraction of sp³-hybridized carbons (Fsp3) is 0.238. The Morgan fingerprint density at radius 3 is 2.43 bits per heavy atom. The van der Waals surface area contributed by atoms with Crippen molar-refractivity contribution in [3.63, 3.8) is 0 Å². The van der Waals surface area contributed by atoms with E-state index in [0.717, 1.165) is 37.1 Å². The van der Waals surface area contributed by atoms with E-state index >= 15 is 0 Å². The van der Waals surface area contributed by atoms with Crippen LogP contribution in [0.3, 0.4) is 0 Å². The molecule has 0 aliphatic carbocycles. The highest BCUT2D eigenvalue weighted by Crippen LogP contribution is 2.17. The monoisotopic (exact) mass is 430 g/mol. The van der Waals surface area contributed by atoms with Gasteiger partial charge in [0, 0.05) is 31.2 Å². The average molecular weight is 431 g/mol. The maximum Gasteiger partial charge on any atom is 0.261 e. The van der Waals surface area contributed by atoms with Gasteiger partial charge in [-0.3, -0.25) is 9.52 Å². The largest absolute Gasteiger partial charge is 0.356 e. The van der Waals surface area contributed by atoms with Crippen molar-refractivity contribution in [2.24, 2.45) is 0 Å². The summed E-state index contributed by atoms with van der Waals surface area (Å²) in [6, 6.07) is 11.2. The maximum absolute atomic E-state index is 13.0. The number of benzene rings is 2. The number of halogens is 1. The van der Waals surface area contributed by atoms with E-state index in [1.807, 2.05) is 10.8 Å². The topological polar surface area (TPSA) is 93.1 Å². The number of rotatable bonds is 10. The molecule has 0 saturated carbocycles. The number of aryl methyl sites for hydroxylation is 1. The third-order valence-electron chi connectivity index (χ3n) is 4.42. The summed E-state index contributed by atoms with van der Waals surface area (Å²) in [5.41, 5.74) is 1.14. The summed E-state index contributed by atoms with van der Waals surface area (Å²) in [6.45, 7) is 1.47. The molecule has 2 N–H and O–H groups in total. The van der Waals surface area contributed by atoms with Crippen molar-refractivity contribution < 1.29 is 17.6 Å². The van der Waals surface area contributed by atoms with E-state index in [9.17, 15) is 17.6 Å². The number of hydrogen-bond donors (Lipinski definition) is 2. The molecule has 0 radical (unpaired) electrons. The molecule has 0 saturated heterocycles. The van der Waals surface area contributed by atoms with E-state index in [1.165, 1.54) is 12.1 Å². The Morgan fingerprint density at radius 2 is 1.77 bits per heavy atom.